The number of rotatable bonds is 9. The third-order valence-electron chi connectivity index (χ3n) is 7.53. The van der Waals surface area contributed by atoms with Crippen LogP contribution in [-0.2, 0) is 16.0 Å². The number of aryl methyl sites for hydroxylation is 1. The smallest absolute Gasteiger partial charge is 0.337 e. The van der Waals surface area contributed by atoms with E-state index in [1.54, 1.807) is 0 Å². The fourth-order valence-electron chi connectivity index (χ4n) is 5.17. The third kappa shape index (κ3) is 7.73. The van der Waals surface area contributed by atoms with Gasteiger partial charge in [0.05, 0.1) is 17.9 Å². The van der Waals surface area contributed by atoms with Crippen LogP contribution in [0.3, 0.4) is 0 Å². The summed E-state index contributed by atoms with van der Waals surface area (Å²) in [6.07, 6.45) is 3.30. The van der Waals surface area contributed by atoms with E-state index >= 15 is 0 Å². The molecule has 0 saturated carbocycles. The van der Waals surface area contributed by atoms with Crippen LogP contribution in [0.5, 0.6) is 5.75 Å². The largest absolute Gasteiger partial charge is 0.493 e. The first kappa shape index (κ1) is 31.1. The van der Waals surface area contributed by atoms with E-state index in [2.05, 4.69) is 23.7 Å². The molecule has 2 heterocycles. The van der Waals surface area contributed by atoms with Crippen LogP contribution in [0.1, 0.15) is 70.4 Å². The van der Waals surface area contributed by atoms with E-state index in [-0.39, 0.29) is 5.41 Å². The highest BCUT2D eigenvalue weighted by molar-refractivity contribution is 6.36. The van der Waals surface area contributed by atoms with Gasteiger partial charge in [0.1, 0.15) is 5.75 Å². The van der Waals surface area contributed by atoms with Crippen molar-refractivity contribution in [2.24, 2.45) is 5.41 Å². The number of carboxylic acids is 1. The van der Waals surface area contributed by atoms with Crippen molar-refractivity contribution in [1.82, 2.24) is 4.98 Å². The zero-order chi connectivity index (χ0) is 29.9. The summed E-state index contributed by atoms with van der Waals surface area (Å²) in [5.74, 6) is -0.305. The Morgan fingerprint density at radius 3 is 2.24 bits per heavy atom. The van der Waals surface area contributed by atoms with Crippen molar-refractivity contribution >= 4 is 34.9 Å². The molecule has 41 heavy (non-hydrogen) atoms. The van der Waals surface area contributed by atoms with Crippen LogP contribution < -0.4 is 9.64 Å². The fraction of sp³-hybridized carbons (Fsp3) is 0.455. The Morgan fingerprint density at radius 2 is 1.68 bits per heavy atom. The van der Waals surface area contributed by atoms with E-state index in [0.717, 1.165) is 54.1 Å². The summed E-state index contributed by atoms with van der Waals surface area (Å²) in [6, 6.07) is 13.3. The second-order valence-electron chi connectivity index (χ2n) is 12.4. The highest BCUT2D eigenvalue weighted by atomic mass is 35.5. The molecule has 1 fully saturated rings. The van der Waals surface area contributed by atoms with Gasteiger partial charge in [-0.15, -0.1) is 0 Å². The van der Waals surface area contributed by atoms with Crippen molar-refractivity contribution < 1.29 is 19.4 Å². The molecule has 0 bridgehead atoms. The van der Waals surface area contributed by atoms with E-state index < -0.39 is 17.7 Å². The Labute approximate surface area is 253 Å². The van der Waals surface area contributed by atoms with Gasteiger partial charge in [-0.2, -0.15) is 0 Å². The number of nitrogens with zero attached hydrogens (tertiary/aromatic N) is 2. The van der Waals surface area contributed by atoms with Gasteiger partial charge in [0, 0.05) is 52.6 Å². The second-order valence-corrected chi connectivity index (χ2v) is 13.3. The highest BCUT2D eigenvalue weighted by Gasteiger charge is 2.35. The minimum absolute atomic E-state index is 0.236. The molecule has 1 N–H and O–H groups in total. The van der Waals surface area contributed by atoms with Crippen LogP contribution in [0, 0.1) is 12.3 Å². The number of aliphatic carboxylic acids is 1. The predicted molar refractivity (Wildman–Crippen MR) is 167 cm³/mol. The molecule has 0 radical (unpaired) electrons. The molecule has 0 spiro atoms. The third-order valence-corrected chi connectivity index (χ3v) is 8.23. The molecule has 8 heteroatoms. The Bertz CT molecular complexity index is 1350. The number of pyridine rings is 1. The van der Waals surface area contributed by atoms with Crippen LogP contribution >= 0.6 is 23.2 Å². The molecular weight excluding hydrogens is 559 g/mol. The van der Waals surface area contributed by atoms with Gasteiger partial charge in [0.25, 0.3) is 0 Å². The number of piperidine rings is 1. The van der Waals surface area contributed by atoms with Crippen LogP contribution in [0.4, 0.5) is 5.69 Å². The lowest BCUT2D eigenvalue weighted by molar-refractivity contribution is -0.160. The van der Waals surface area contributed by atoms with Gasteiger partial charge >= 0.3 is 5.97 Å². The summed E-state index contributed by atoms with van der Waals surface area (Å²) >= 11 is 12.6. The molecule has 1 saturated heterocycles. The number of hydrogen-bond donors (Lipinski definition) is 1. The van der Waals surface area contributed by atoms with Gasteiger partial charge in [0.15, 0.2) is 6.10 Å². The maximum Gasteiger partial charge on any atom is 0.337 e. The van der Waals surface area contributed by atoms with Crippen LogP contribution in [0.15, 0.2) is 48.7 Å². The fourth-order valence-corrected chi connectivity index (χ4v) is 5.76. The molecule has 1 atom stereocenters. The van der Waals surface area contributed by atoms with Gasteiger partial charge < -0.3 is 19.5 Å². The number of carboxylic acid groups (broad SMARTS) is 1. The number of benzene rings is 2. The first-order valence-electron chi connectivity index (χ1n) is 14.1. The molecule has 0 amide bonds. The van der Waals surface area contributed by atoms with Crippen molar-refractivity contribution in [3.05, 3.63) is 75.5 Å². The first-order valence-corrected chi connectivity index (χ1v) is 14.8. The van der Waals surface area contributed by atoms with Crippen molar-refractivity contribution in [3.63, 3.8) is 0 Å². The van der Waals surface area contributed by atoms with E-state index in [4.69, 9.17) is 32.7 Å². The molecule has 6 nitrogen and oxygen atoms in total. The zero-order valence-corrected chi connectivity index (χ0v) is 26.3. The molecule has 2 aromatic carbocycles. The average Bonchev–Trinajstić information content (AvgIpc) is 2.89. The lowest BCUT2D eigenvalue weighted by Gasteiger charge is -2.41. The SMILES string of the molecule is Cc1ncc(-c2ccc(OCCc3c(Cl)cccc3Cl)cc2)c(N2CCC(C)(C)CC2)c1[C@H](OC(C)(C)C)C(=O)O. The Kier molecular flexibility index (Phi) is 9.57. The lowest BCUT2D eigenvalue weighted by atomic mass is 9.82. The molecule has 0 unspecified atom stereocenters. The zero-order valence-electron chi connectivity index (χ0n) is 24.8. The van der Waals surface area contributed by atoms with E-state index in [9.17, 15) is 9.90 Å². The minimum Gasteiger partial charge on any atom is -0.493 e. The summed E-state index contributed by atoms with van der Waals surface area (Å²) in [7, 11) is 0. The monoisotopic (exact) mass is 598 g/mol. The van der Waals surface area contributed by atoms with Crippen LogP contribution in [0.2, 0.25) is 10.0 Å². The molecule has 1 aromatic heterocycles. The summed E-state index contributed by atoms with van der Waals surface area (Å²) in [6.45, 7) is 14.1. The molecule has 1 aliphatic heterocycles. The Balaban J connectivity index is 1.68. The molecule has 1 aliphatic rings. The summed E-state index contributed by atoms with van der Waals surface area (Å²) in [4.78, 5) is 19.6. The number of carbonyl (C=O) groups is 1. The van der Waals surface area contributed by atoms with Gasteiger partial charge in [0.2, 0.25) is 0 Å². The Hall–Kier alpha value is -2.80. The number of anilines is 1. The number of hydrogen-bond acceptors (Lipinski definition) is 5. The van der Waals surface area contributed by atoms with E-state index in [1.165, 1.54) is 0 Å². The quantitative estimate of drug-likeness (QED) is 0.266. The summed E-state index contributed by atoms with van der Waals surface area (Å²) < 4.78 is 12.1. The second kappa shape index (κ2) is 12.6. The van der Waals surface area contributed by atoms with Crippen molar-refractivity contribution in [1.29, 1.82) is 0 Å². The molecular formula is C33H40Cl2N2O4. The van der Waals surface area contributed by atoms with Crippen LogP contribution in [-0.4, -0.2) is 41.4 Å². The van der Waals surface area contributed by atoms with Crippen molar-refractivity contribution in [3.8, 4) is 16.9 Å². The topological polar surface area (TPSA) is 71.9 Å². The van der Waals surface area contributed by atoms with Gasteiger partial charge in [-0.3, -0.25) is 4.98 Å². The van der Waals surface area contributed by atoms with E-state index in [0.29, 0.717) is 34.3 Å². The number of halogens is 2. The van der Waals surface area contributed by atoms with Gasteiger partial charge in [-0.1, -0.05) is 55.2 Å². The molecule has 0 aliphatic carbocycles. The molecule has 220 valence electrons. The van der Waals surface area contributed by atoms with Gasteiger partial charge in [-0.05, 0) is 81.3 Å². The van der Waals surface area contributed by atoms with Crippen molar-refractivity contribution in [2.45, 2.75) is 72.5 Å². The van der Waals surface area contributed by atoms with Gasteiger partial charge in [-0.25, -0.2) is 4.79 Å². The van der Waals surface area contributed by atoms with Crippen molar-refractivity contribution in [2.75, 3.05) is 24.6 Å². The minimum atomic E-state index is -1.15. The maximum atomic E-state index is 12.6. The normalized spacial score (nSPS) is 16.0. The number of aromatic nitrogens is 1. The lowest BCUT2D eigenvalue weighted by Crippen LogP contribution is -2.39. The summed E-state index contributed by atoms with van der Waals surface area (Å²) in [5.41, 5.74) is 4.41. The van der Waals surface area contributed by atoms with E-state index in [1.807, 2.05) is 76.4 Å². The standard InChI is InChI=1S/C33H40Cl2N2O4/c1-21-28(30(31(38)39)41-32(2,3)4)29(37-17-15-33(5,6)16-18-37)25(20-36-21)22-10-12-23(13-11-22)40-19-14-24-26(34)8-7-9-27(24)35/h7-13,20,30H,14-19H2,1-6H3,(H,38,39)/t30-/m0/s1. The Morgan fingerprint density at radius 1 is 1.07 bits per heavy atom. The van der Waals surface area contributed by atoms with Crippen LogP contribution in [0.25, 0.3) is 11.1 Å². The molecule has 4 rings (SSSR count). The number of ether oxygens (including phenoxy) is 2. The predicted octanol–water partition coefficient (Wildman–Crippen LogP) is 8.55. The highest BCUT2D eigenvalue weighted by Crippen LogP contribution is 2.43. The maximum absolute atomic E-state index is 12.6. The summed E-state index contributed by atoms with van der Waals surface area (Å²) in [5, 5.41) is 11.6. The average molecular weight is 600 g/mol. The first-order chi connectivity index (χ1) is 19.3. The molecule has 3 aromatic rings.